The molecule has 0 aromatic rings. The number of Topliss-reactive ketones (excluding diaryl/α,β-unsaturated/α-hetero) is 1. The van der Waals surface area contributed by atoms with E-state index in [1.54, 1.807) is 0 Å². The lowest BCUT2D eigenvalue weighted by Gasteiger charge is -2.30. The van der Waals surface area contributed by atoms with Gasteiger partial charge in [-0.3, -0.25) is 4.79 Å². The summed E-state index contributed by atoms with van der Waals surface area (Å²) in [5, 5.41) is 0. The number of hydrogen-bond acceptors (Lipinski definition) is 2. The van der Waals surface area contributed by atoms with Crippen LogP contribution in [0.1, 0.15) is 33.1 Å². The Bertz CT molecular complexity index is 151. The minimum Gasteiger partial charge on any atom is -0.298 e. The first-order valence-electron chi connectivity index (χ1n) is 3.81. The van der Waals surface area contributed by atoms with Gasteiger partial charge in [0.1, 0.15) is 0 Å². The van der Waals surface area contributed by atoms with E-state index >= 15 is 0 Å². The summed E-state index contributed by atoms with van der Waals surface area (Å²) in [5.41, 5.74) is 0. The van der Waals surface area contributed by atoms with E-state index in [4.69, 9.17) is 0 Å². The zero-order chi connectivity index (χ0) is 7.78. The van der Waals surface area contributed by atoms with Gasteiger partial charge in [-0.2, -0.15) is 12.6 Å². The Morgan fingerprint density at radius 1 is 1.70 bits per heavy atom. The SMILES string of the molecule is CC1CCCC(C)(S)C1=O. The van der Waals surface area contributed by atoms with Gasteiger partial charge >= 0.3 is 0 Å². The summed E-state index contributed by atoms with van der Waals surface area (Å²) < 4.78 is -0.336. The van der Waals surface area contributed by atoms with E-state index in [9.17, 15) is 4.79 Å². The van der Waals surface area contributed by atoms with Crippen LogP contribution in [0.5, 0.6) is 0 Å². The van der Waals surface area contributed by atoms with Gasteiger partial charge in [0.2, 0.25) is 0 Å². The van der Waals surface area contributed by atoms with Crippen LogP contribution in [0.15, 0.2) is 0 Å². The van der Waals surface area contributed by atoms with E-state index in [1.165, 1.54) is 0 Å². The third-order valence-electron chi connectivity index (χ3n) is 2.28. The largest absolute Gasteiger partial charge is 0.298 e. The van der Waals surface area contributed by atoms with Crippen molar-refractivity contribution in [3.63, 3.8) is 0 Å². The minimum atomic E-state index is -0.336. The van der Waals surface area contributed by atoms with Gasteiger partial charge in [0.15, 0.2) is 5.78 Å². The molecule has 0 amide bonds. The van der Waals surface area contributed by atoms with E-state index in [0.29, 0.717) is 5.78 Å². The second kappa shape index (κ2) is 2.57. The monoisotopic (exact) mass is 158 g/mol. The Kier molecular flexibility index (Phi) is 2.09. The van der Waals surface area contributed by atoms with Crippen LogP contribution in [0.4, 0.5) is 0 Å². The highest BCUT2D eigenvalue weighted by molar-refractivity contribution is 7.82. The molecule has 0 aromatic heterocycles. The van der Waals surface area contributed by atoms with Gasteiger partial charge < -0.3 is 0 Å². The van der Waals surface area contributed by atoms with Crippen LogP contribution in [0.3, 0.4) is 0 Å². The summed E-state index contributed by atoms with van der Waals surface area (Å²) in [7, 11) is 0. The zero-order valence-corrected chi connectivity index (χ0v) is 7.45. The number of carbonyl (C=O) groups is 1. The second-order valence-corrected chi connectivity index (χ2v) is 4.42. The molecule has 2 atom stereocenters. The van der Waals surface area contributed by atoms with Crippen LogP contribution < -0.4 is 0 Å². The number of ketones is 1. The van der Waals surface area contributed by atoms with E-state index in [0.717, 1.165) is 19.3 Å². The van der Waals surface area contributed by atoms with Crippen molar-refractivity contribution < 1.29 is 4.79 Å². The van der Waals surface area contributed by atoms with Crippen molar-refractivity contribution in [3.05, 3.63) is 0 Å². The highest BCUT2D eigenvalue weighted by Gasteiger charge is 2.35. The normalized spacial score (nSPS) is 41.9. The maximum Gasteiger partial charge on any atom is 0.151 e. The first-order chi connectivity index (χ1) is 4.54. The third-order valence-corrected chi connectivity index (χ3v) is 2.72. The Morgan fingerprint density at radius 3 is 2.70 bits per heavy atom. The minimum absolute atomic E-state index is 0.233. The highest BCUT2D eigenvalue weighted by atomic mass is 32.1. The molecule has 1 aliphatic rings. The molecule has 58 valence electrons. The Morgan fingerprint density at radius 2 is 2.30 bits per heavy atom. The third kappa shape index (κ3) is 1.36. The molecule has 0 heterocycles. The molecule has 1 nitrogen and oxygen atoms in total. The van der Waals surface area contributed by atoms with Gasteiger partial charge in [-0.05, 0) is 19.8 Å². The summed E-state index contributed by atoms with van der Waals surface area (Å²) in [4.78, 5) is 11.4. The molecule has 2 heteroatoms. The molecule has 1 aliphatic carbocycles. The van der Waals surface area contributed by atoms with Crippen molar-refractivity contribution in [2.24, 2.45) is 5.92 Å². The first kappa shape index (κ1) is 8.12. The van der Waals surface area contributed by atoms with Crippen LogP contribution in [-0.2, 0) is 4.79 Å². The van der Waals surface area contributed by atoms with Gasteiger partial charge in [-0.15, -0.1) is 0 Å². The molecule has 10 heavy (non-hydrogen) atoms. The molecule has 2 unspecified atom stereocenters. The van der Waals surface area contributed by atoms with Crippen molar-refractivity contribution in [2.45, 2.75) is 37.9 Å². The quantitative estimate of drug-likeness (QED) is 0.534. The Labute approximate surface area is 67.6 Å². The van der Waals surface area contributed by atoms with Crippen molar-refractivity contribution >= 4 is 18.4 Å². The number of rotatable bonds is 0. The van der Waals surface area contributed by atoms with Crippen LogP contribution in [0, 0.1) is 5.92 Å². The average Bonchev–Trinajstić information content (AvgIpc) is 1.83. The first-order valence-corrected chi connectivity index (χ1v) is 4.25. The lowest BCUT2D eigenvalue weighted by Crippen LogP contribution is -2.37. The lowest BCUT2D eigenvalue weighted by molar-refractivity contribution is -0.126. The highest BCUT2D eigenvalue weighted by Crippen LogP contribution is 2.33. The van der Waals surface area contributed by atoms with Crippen LogP contribution in [0.2, 0.25) is 0 Å². The van der Waals surface area contributed by atoms with Crippen LogP contribution in [0.25, 0.3) is 0 Å². The standard InChI is InChI=1S/C8H14OS/c1-6-4-3-5-8(2,10)7(6)9/h6,10H,3-5H2,1-2H3. The smallest absolute Gasteiger partial charge is 0.151 e. The predicted molar refractivity (Wildman–Crippen MR) is 45.4 cm³/mol. The van der Waals surface area contributed by atoms with Gasteiger partial charge in [0, 0.05) is 5.92 Å². The molecular formula is C8H14OS. The summed E-state index contributed by atoms with van der Waals surface area (Å²) in [5.74, 6) is 0.554. The van der Waals surface area contributed by atoms with Crippen molar-refractivity contribution in [2.75, 3.05) is 0 Å². The van der Waals surface area contributed by atoms with E-state index in [1.807, 2.05) is 13.8 Å². The maximum absolute atomic E-state index is 11.4. The van der Waals surface area contributed by atoms with Gasteiger partial charge in [-0.1, -0.05) is 13.3 Å². The number of carbonyl (C=O) groups excluding carboxylic acids is 1. The van der Waals surface area contributed by atoms with Gasteiger partial charge in [-0.25, -0.2) is 0 Å². The summed E-state index contributed by atoms with van der Waals surface area (Å²) in [6, 6.07) is 0. The Hall–Kier alpha value is 0.0200. The predicted octanol–water partition coefficient (Wildman–Crippen LogP) is 2.06. The lowest BCUT2D eigenvalue weighted by atomic mass is 9.81. The summed E-state index contributed by atoms with van der Waals surface area (Å²) >= 11 is 4.32. The molecule has 0 spiro atoms. The fraction of sp³-hybridized carbons (Fsp3) is 0.875. The second-order valence-electron chi connectivity index (χ2n) is 3.43. The van der Waals surface area contributed by atoms with Crippen molar-refractivity contribution in [3.8, 4) is 0 Å². The van der Waals surface area contributed by atoms with E-state index in [2.05, 4.69) is 12.6 Å². The molecule has 0 radical (unpaired) electrons. The zero-order valence-electron chi connectivity index (χ0n) is 6.55. The summed E-state index contributed by atoms with van der Waals surface area (Å²) in [6.45, 7) is 3.92. The molecule has 1 rings (SSSR count). The van der Waals surface area contributed by atoms with Gasteiger partial charge in [0.05, 0.1) is 4.75 Å². The van der Waals surface area contributed by atoms with Crippen molar-refractivity contribution in [1.29, 1.82) is 0 Å². The number of thiol groups is 1. The topological polar surface area (TPSA) is 17.1 Å². The molecule has 1 fully saturated rings. The maximum atomic E-state index is 11.4. The van der Waals surface area contributed by atoms with Crippen LogP contribution >= 0.6 is 12.6 Å². The Balaban J connectivity index is 2.70. The fourth-order valence-electron chi connectivity index (χ4n) is 1.54. The molecule has 0 bridgehead atoms. The fourth-order valence-corrected chi connectivity index (χ4v) is 1.92. The summed E-state index contributed by atoms with van der Waals surface area (Å²) in [6.07, 6.45) is 3.14. The molecule has 0 aromatic carbocycles. The van der Waals surface area contributed by atoms with Crippen molar-refractivity contribution in [1.82, 2.24) is 0 Å². The van der Waals surface area contributed by atoms with E-state index in [-0.39, 0.29) is 10.7 Å². The van der Waals surface area contributed by atoms with E-state index < -0.39 is 0 Å². The number of hydrogen-bond donors (Lipinski definition) is 1. The molecule has 0 aliphatic heterocycles. The molecule has 0 saturated heterocycles. The van der Waals surface area contributed by atoms with Gasteiger partial charge in [0.25, 0.3) is 0 Å². The van der Waals surface area contributed by atoms with Crippen LogP contribution in [-0.4, -0.2) is 10.5 Å². The molecular weight excluding hydrogens is 144 g/mol. The molecule has 0 N–H and O–H groups in total. The molecule has 1 saturated carbocycles. The average molecular weight is 158 g/mol.